The molecule has 0 spiro atoms. The Balaban J connectivity index is 1.11. The second-order valence-corrected chi connectivity index (χ2v) is 26.9. The molecular weight excluding hydrogens is 1100 g/mol. The van der Waals surface area contributed by atoms with Crippen LogP contribution < -0.4 is 10.4 Å². The third-order valence-electron chi connectivity index (χ3n) is 15.6. The summed E-state index contributed by atoms with van der Waals surface area (Å²) in [7, 11) is -3.23. The molecule has 2 heterocycles. The summed E-state index contributed by atoms with van der Waals surface area (Å²) in [4.78, 5) is 3.22. The van der Waals surface area contributed by atoms with Crippen molar-refractivity contribution in [3.63, 3.8) is 0 Å². The van der Waals surface area contributed by atoms with Gasteiger partial charge in [-0.3, -0.25) is 0 Å². The summed E-state index contributed by atoms with van der Waals surface area (Å²) < 4.78 is 79.1. The molecule has 0 aliphatic carbocycles. The van der Waals surface area contributed by atoms with Crippen LogP contribution in [0.25, 0.3) is 10.4 Å². The Morgan fingerprint density at radius 3 is 1.27 bits per heavy atom. The van der Waals surface area contributed by atoms with Crippen molar-refractivity contribution in [2.45, 2.75) is 120 Å². The van der Waals surface area contributed by atoms with Gasteiger partial charge in [0.05, 0.1) is 58.9 Å². The summed E-state index contributed by atoms with van der Waals surface area (Å²) >= 11 is 0. The lowest BCUT2D eigenvalue weighted by atomic mass is 9.97. The fraction of sp³-hybridized carbons (Fsp3) is 0.324. The second kappa shape index (κ2) is 31.0. The molecular formula is C71H77N3O11Si. The van der Waals surface area contributed by atoms with Crippen LogP contribution >= 0.6 is 0 Å². The van der Waals surface area contributed by atoms with E-state index in [1.807, 2.05) is 194 Å². The maximum Gasteiger partial charge on any atom is 0.261 e. The largest absolute Gasteiger partial charge is 0.405 e. The van der Waals surface area contributed by atoms with E-state index in [0.717, 1.165) is 43.8 Å². The Hall–Kier alpha value is -7.15. The molecule has 86 heavy (non-hydrogen) atoms. The lowest BCUT2D eigenvalue weighted by molar-refractivity contribution is -0.396. The molecule has 15 heteroatoms. The number of rotatable bonds is 30. The molecule has 0 radical (unpaired) electrons. The van der Waals surface area contributed by atoms with Gasteiger partial charge in [0.2, 0.25) is 5.79 Å². The molecule has 8 aromatic rings. The SMILES string of the molecule is CC(C)(C)[Si](OC[C@H]1O[C@@](COCOCc2ccccc2)(O[C@H]2O[C@H](CN=[N+]=[N-])[C@@H](OCc3ccccc3)[C@H](OCc3ccccc3)[C@H]2OCc2ccccc2)[C@@H](OCc2ccccc2)[C@@H]1OCc1ccccc1)(c1ccccc1)c1ccccc1. The number of hydrogen-bond acceptors (Lipinski definition) is 12. The van der Waals surface area contributed by atoms with Crippen molar-refractivity contribution in [3.8, 4) is 0 Å². The van der Waals surface area contributed by atoms with Crippen LogP contribution in [0.3, 0.4) is 0 Å². The van der Waals surface area contributed by atoms with Crippen molar-refractivity contribution >= 4 is 18.7 Å². The lowest BCUT2D eigenvalue weighted by Crippen LogP contribution is -2.67. The van der Waals surface area contributed by atoms with E-state index in [-0.39, 0.29) is 66.2 Å². The summed E-state index contributed by atoms with van der Waals surface area (Å²) in [5.41, 5.74) is 15.6. The Labute approximate surface area is 506 Å². The van der Waals surface area contributed by atoms with E-state index in [1.165, 1.54) is 0 Å². The first-order valence-electron chi connectivity index (χ1n) is 29.5. The molecule has 0 aromatic heterocycles. The van der Waals surface area contributed by atoms with Gasteiger partial charge in [0, 0.05) is 4.91 Å². The van der Waals surface area contributed by atoms with Crippen molar-refractivity contribution < 1.29 is 51.8 Å². The smallest absolute Gasteiger partial charge is 0.261 e. The first-order valence-corrected chi connectivity index (χ1v) is 31.4. The minimum Gasteiger partial charge on any atom is -0.405 e. The van der Waals surface area contributed by atoms with Crippen molar-refractivity contribution in [2.24, 2.45) is 5.11 Å². The Morgan fingerprint density at radius 1 is 0.453 bits per heavy atom. The Morgan fingerprint density at radius 2 is 0.837 bits per heavy atom. The van der Waals surface area contributed by atoms with E-state index < -0.39 is 68.2 Å². The molecule has 0 bridgehead atoms. The molecule has 0 unspecified atom stereocenters. The molecule has 2 fully saturated rings. The molecule has 2 aliphatic heterocycles. The van der Waals surface area contributed by atoms with Gasteiger partial charge in [0.15, 0.2) is 6.29 Å². The van der Waals surface area contributed by atoms with Crippen LogP contribution in [0.1, 0.15) is 54.2 Å². The normalized spacial score (nSPS) is 22.3. The van der Waals surface area contributed by atoms with E-state index >= 15 is 0 Å². The molecule has 0 N–H and O–H groups in total. The highest BCUT2D eigenvalue weighted by Gasteiger charge is 2.63. The number of azide groups is 1. The predicted octanol–water partition coefficient (Wildman–Crippen LogP) is 12.8. The van der Waals surface area contributed by atoms with Crippen LogP contribution in [0.15, 0.2) is 248 Å². The molecule has 8 aromatic carbocycles. The zero-order valence-electron chi connectivity index (χ0n) is 49.1. The number of nitrogens with zero attached hydrogens (tertiary/aromatic N) is 3. The summed E-state index contributed by atoms with van der Waals surface area (Å²) in [6.07, 6.45) is -7.87. The van der Waals surface area contributed by atoms with Crippen molar-refractivity contribution in [1.29, 1.82) is 0 Å². The van der Waals surface area contributed by atoms with Gasteiger partial charge in [0.25, 0.3) is 8.32 Å². The topological polar surface area (TPSA) is 150 Å². The Bertz CT molecular complexity index is 3230. The third-order valence-corrected chi connectivity index (χ3v) is 20.6. The summed E-state index contributed by atoms with van der Waals surface area (Å²) in [6, 6.07) is 80.5. The number of ether oxygens (including phenoxy) is 10. The summed E-state index contributed by atoms with van der Waals surface area (Å²) in [6.45, 7) is 7.36. The monoisotopic (exact) mass is 1180 g/mol. The van der Waals surface area contributed by atoms with Crippen molar-refractivity contribution in [1.82, 2.24) is 0 Å². The van der Waals surface area contributed by atoms with Crippen LogP contribution in [0.2, 0.25) is 5.04 Å². The molecule has 2 saturated heterocycles. The highest BCUT2D eigenvalue weighted by molar-refractivity contribution is 6.99. The Kier molecular flexibility index (Phi) is 22.3. The van der Waals surface area contributed by atoms with Gasteiger partial charge in [-0.25, -0.2) is 0 Å². The van der Waals surface area contributed by atoms with Crippen LogP contribution in [0, 0.1) is 0 Å². The van der Waals surface area contributed by atoms with Crippen LogP contribution in [-0.2, 0) is 91.4 Å². The number of benzene rings is 8. The molecule has 0 amide bonds. The zero-order chi connectivity index (χ0) is 59.3. The second-order valence-electron chi connectivity index (χ2n) is 22.6. The molecule has 446 valence electrons. The fourth-order valence-corrected chi connectivity index (χ4v) is 16.0. The van der Waals surface area contributed by atoms with E-state index in [1.54, 1.807) is 0 Å². The van der Waals surface area contributed by atoms with Gasteiger partial charge >= 0.3 is 0 Å². The van der Waals surface area contributed by atoms with Crippen LogP contribution in [-0.4, -0.2) is 89.7 Å². The summed E-state index contributed by atoms with van der Waals surface area (Å²) in [5.74, 6) is -1.88. The highest BCUT2D eigenvalue weighted by Crippen LogP contribution is 2.44. The molecule has 9 atom stereocenters. The van der Waals surface area contributed by atoms with Gasteiger partial charge in [-0.15, -0.1) is 0 Å². The van der Waals surface area contributed by atoms with Gasteiger partial charge in [0.1, 0.15) is 50.0 Å². The van der Waals surface area contributed by atoms with E-state index in [2.05, 4.69) is 79.3 Å². The van der Waals surface area contributed by atoms with Crippen LogP contribution in [0.4, 0.5) is 0 Å². The molecule has 2 aliphatic rings. The summed E-state index contributed by atoms with van der Waals surface area (Å²) in [5, 5.41) is 5.93. The molecule has 10 rings (SSSR count). The van der Waals surface area contributed by atoms with E-state index in [9.17, 15) is 5.53 Å². The predicted molar refractivity (Wildman–Crippen MR) is 332 cm³/mol. The molecule has 14 nitrogen and oxygen atoms in total. The first-order chi connectivity index (χ1) is 42.2. The van der Waals surface area contributed by atoms with Gasteiger partial charge in [-0.2, -0.15) is 0 Å². The van der Waals surface area contributed by atoms with Gasteiger partial charge < -0.3 is 51.8 Å². The maximum absolute atomic E-state index is 9.99. The van der Waals surface area contributed by atoms with E-state index in [4.69, 9.17) is 51.8 Å². The average Bonchev–Trinajstić information content (AvgIpc) is 2.03. The van der Waals surface area contributed by atoms with E-state index in [0.29, 0.717) is 0 Å². The average molecular weight is 1180 g/mol. The lowest BCUT2D eigenvalue weighted by Gasteiger charge is -2.48. The minimum absolute atomic E-state index is 0.0464. The quantitative estimate of drug-likeness (QED) is 0.0106. The minimum atomic E-state index is -3.23. The van der Waals surface area contributed by atoms with Crippen molar-refractivity contribution in [2.75, 3.05) is 26.6 Å². The highest BCUT2D eigenvalue weighted by atomic mass is 28.4. The van der Waals surface area contributed by atoms with Gasteiger partial charge in [-0.1, -0.05) is 269 Å². The zero-order valence-corrected chi connectivity index (χ0v) is 50.1. The standard InChI is InChI=1S/C71H77N3O11Si/c1-70(2,3)86(60-40-24-10-25-41-60,61-42-26-11-27-43-61)82-51-63-65(78-47-56-32-16-6-17-33-56)68(81-50-59-38-22-9-23-39-59)71(84-63,52-76-53-75-45-54-28-12-4-13-29-54)85-69-67(80-49-58-36-20-8-21-37-58)66(79-48-57-34-18-7-19-35-57)64(62(83-69)44-73-74-72)77-46-55-30-14-5-15-31-55/h4-43,62-69H,44-53H2,1-3H3/t62-,63-,64-,65-,66+,67-,68+,69-,71+/m1/s1. The van der Waals surface area contributed by atoms with Crippen molar-refractivity contribution in [3.05, 3.63) is 286 Å². The first kappa shape index (κ1) is 61.9. The fourth-order valence-electron chi connectivity index (χ4n) is 11.4. The third kappa shape index (κ3) is 16.1. The van der Waals surface area contributed by atoms with Gasteiger partial charge in [-0.05, 0) is 54.3 Å². The maximum atomic E-state index is 9.99. The van der Waals surface area contributed by atoms with Crippen LogP contribution in [0.5, 0.6) is 0 Å². The molecule has 0 saturated carbocycles. The number of hydrogen-bond donors (Lipinski definition) is 0.